The van der Waals surface area contributed by atoms with Crippen LogP contribution < -0.4 is 0 Å². The van der Waals surface area contributed by atoms with Crippen molar-refractivity contribution in [1.82, 2.24) is 14.4 Å². The molecule has 3 heterocycles. The van der Waals surface area contributed by atoms with Gasteiger partial charge in [0, 0.05) is 13.1 Å². The summed E-state index contributed by atoms with van der Waals surface area (Å²) in [6, 6.07) is 9.33. The van der Waals surface area contributed by atoms with Crippen molar-refractivity contribution in [2.75, 3.05) is 13.1 Å². The van der Waals surface area contributed by atoms with Crippen LogP contribution in [0.2, 0.25) is 0 Å². The molecule has 1 fully saturated rings. The first-order chi connectivity index (χ1) is 11.9. The maximum atomic E-state index is 12.8. The van der Waals surface area contributed by atoms with E-state index in [9.17, 15) is 8.42 Å². The van der Waals surface area contributed by atoms with Gasteiger partial charge in [-0.1, -0.05) is 23.4 Å². The Bertz CT molecular complexity index is 1000. The third-order valence-electron chi connectivity index (χ3n) is 4.34. The Morgan fingerprint density at radius 1 is 1.24 bits per heavy atom. The molecule has 1 aromatic carbocycles. The standard InChI is InChI=1S/C17H17N3O3S2/c1-11-5-6-12(2)15(8-11)25(21,22)20-9-13(10-20)17-18-16(19-23-17)14-4-3-7-24-14/h3-8,13H,9-10H2,1-2H3. The maximum Gasteiger partial charge on any atom is 0.243 e. The second-order valence-electron chi connectivity index (χ2n) is 6.22. The lowest BCUT2D eigenvalue weighted by atomic mass is 10.0. The van der Waals surface area contributed by atoms with Crippen LogP contribution in [-0.2, 0) is 10.0 Å². The van der Waals surface area contributed by atoms with Crippen LogP contribution in [0.5, 0.6) is 0 Å². The Balaban J connectivity index is 1.51. The predicted octanol–water partition coefficient (Wildman–Crippen LogP) is 3.20. The van der Waals surface area contributed by atoms with E-state index in [4.69, 9.17) is 4.52 Å². The molecule has 4 rings (SSSR count). The van der Waals surface area contributed by atoms with Crippen molar-refractivity contribution in [3.05, 3.63) is 52.7 Å². The molecule has 1 aliphatic rings. The molecule has 0 saturated carbocycles. The summed E-state index contributed by atoms with van der Waals surface area (Å²) in [5, 5.41) is 5.94. The molecule has 0 aliphatic carbocycles. The summed E-state index contributed by atoms with van der Waals surface area (Å²) < 4.78 is 32.4. The Hall–Kier alpha value is -2.03. The Kier molecular flexibility index (Phi) is 3.98. The molecule has 2 aromatic heterocycles. The van der Waals surface area contributed by atoms with E-state index >= 15 is 0 Å². The van der Waals surface area contributed by atoms with Crippen molar-refractivity contribution < 1.29 is 12.9 Å². The third kappa shape index (κ3) is 2.90. The van der Waals surface area contributed by atoms with Gasteiger partial charge in [0.15, 0.2) is 0 Å². The summed E-state index contributed by atoms with van der Waals surface area (Å²) in [6.07, 6.45) is 0. The lowest BCUT2D eigenvalue weighted by Gasteiger charge is -2.36. The second-order valence-corrected chi connectivity index (χ2v) is 9.08. The maximum absolute atomic E-state index is 12.8. The van der Waals surface area contributed by atoms with E-state index in [1.165, 1.54) is 4.31 Å². The minimum absolute atomic E-state index is 0.0545. The summed E-state index contributed by atoms with van der Waals surface area (Å²) in [5.41, 5.74) is 1.69. The van der Waals surface area contributed by atoms with Crippen LogP contribution in [0.1, 0.15) is 22.9 Å². The van der Waals surface area contributed by atoms with Gasteiger partial charge in [-0.25, -0.2) is 8.42 Å². The van der Waals surface area contributed by atoms with Crippen LogP contribution in [0.4, 0.5) is 0 Å². The van der Waals surface area contributed by atoms with E-state index in [1.54, 1.807) is 17.4 Å². The molecule has 0 atom stereocenters. The van der Waals surface area contributed by atoms with Crippen LogP contribution in [0.15, 0.2) is 45.1 Å². The van der Waals surface area contributed by atoms with Crippen LogP contribution in [-0.4, -0.2) is 36.0 Å². The number of aryl methyl sites for hydroxylation is 2. The van der Waals surface area contributed by atoms with Gasteiger partial charge in [0.2, 0.25) is 21.7 Å². The molecule has 1 saturated heterocycles. The van der Waals surface area contributed by atoms with Crippen molar-refractivity contribution >= 4 is 21.4 Å². The monoisotopic (exact) mass is 375 g/mol. The molecule has 0 radical (unpaired) electrons. The summed E-state index contributed by atoms with van der Waals surface area (Å²) in [4.78, 5) is 5.72. The van der Waals surface area contributed by atoms with E-state index in [0.29, 0.717) is 29.7 Å². The number of thiophene rings is 1. The van der Waals surface area contributed by atoms with Crippen LogP contribution in [0, 0.1) is 13.8 Å². The predicted molar refractivity (Wildman–Crippen MR) is 95.0 cm³/mol. The second kappa shape index (κ2) is 6.05. The molecule has 0 N–H and O–H groups in total. The Morgan fingerprint density at radius 3 is 2.76 bits per heavy atom. The summed E-state index contributed by atoms with van der Waals surface area (Å²) in [5.74, 6) is 0.998. The van der Waals surface area contributed by atoms with Gasteiger partial charge in [-0.05, 0) is 42.5 Å². The zero-order valence-corrected chi connectivity index (χ0v) is 15.5. The number of hydrogen-bond acceptors (Lipinski definition) is 6. The van der Waals surface area contributed by atoms with Gasteiger partial charge in [-0.2, -0.15) is 9.29 Å². The highest BCUT2D eigenvalue weighted by molar-refractivity contribution is 7.89. The fourth-order valence-corrected chi connectivity index (χ4v) is 5.31. The van der Waals surface area contributed by atoms with Crippen molar-refractivity contribution in [1.29, 1.82) is 0 Å². The quantitative estimate of drug-likeness (QED) is 0.700. The molecule has 6 nitrogen and oxygen atoms in total. The Labute approximate surface area is 150 Å². The lowest BCUT2D eigenvalue weighted by molar-refractivity contribution is 0.216. The number of benzene rings is 1. The molecule has 1 aliphatic heterocycles. The van der Waals surface area contributed by atoms with Crippen LogP contribution in [0.25, 0.3) is 10.7 Å². The normalized spacial score (nSPS) is 16.1. The number of sulfonamides is 1. The van der Waals surface area contributed by atoms with E-state index < -0.39 is 10.0 Å². The van der Waals surface area contributed by atoms with E-state index in [2.05, 4.69) is 10.1 Å². The number of aromatic nitrogens is 2. The first-order valence-corrected chi connectivity index (χ1v) is 10.2. The average molecular weight is 375 g/mol. The smallest absolute Gasteiger partial charge is 0.243 e. The topological polar surface area (TPSA) is 76.3 Å². The van der Waals surface area contributed by atoms with E-state index in [0.717, 1.165) is 16.0 Å². The average Bonchev–Trinajstić information content (AvgIpc) is 3.18. The minimum Gasteiger partial charge on any atom is -0.339 e. The first kappa shape index (κ1) is 16.4. The van der Waals surface area contributed by atoms with E-state index in [-0.39, 0.29) is 5.92 Å². The molecule has 0 bridgehead atoms. The first-order valence-electron chi connectivity index (χ1n) is 7.90. The number of nitrogens with zero attached hydrogens (tertiary/aromatic N) is 3. The summed E-state index contributed by atoms with van der Waals surface area (Å²) in [6.45, 7) is 4.43. The molecule has 0 amide bonds. The Morgan fingerprint density at radius 2 is 2.04 bits per heavy atom. The largest absolute Gasteiger partial charge is 0.339 e. The van der Waals surface area contributed by atoms with E-state index in [1.807, 2.05) is 43.5 Å². The zero-order chi connectivity index (χ0) is 17.6. The molecular weight excluding hydrogens is 358 g/mol. The molecule has 0 unspecified atom stereocenters. The van der Waals surface area contributed by atoms with Gasteiger partial charge in [-0.15, -0.1) is 11.3 Å². The highest BCUT2D eigenvalue weighted by atomic mass is 32.2. The molecule has 0 spiro atoms. The van der Waals surface area contributed by atoms with Crippen molar-refractivity contribution in [2.45, 2.75) is 24.7 Å². The van der Waals surface area contributed by atoms with Gasteiger partial charge in [-0.3, -0.25) is 0 Å². The van der Waals surface area contributed by atoms with Crippen molar-refractivity contribution in [3.63, 3.8) is 0 Å². The lowest BCUT2D eigenvalue weighted by Crippen LogP contribution is -2.48. The summed E-state index contributed by atoms with van der Waals surface area (Å²) >= 11 is 1.54. The fourth-order valence-electron chi connectivity index (χ4n) is 2.82. The van der Waals surface area contributed by atoms with Gasteiger partial charge < -0.3 is 4.52 Å². The minimum atomic E-state index is -3.49. The number of rotatable bonds is 4. The molecule has 25 heavy (non-hydrogen) atoms. The highest BCUT2D eigenvalue weighted by Gasteiger charge is 2.41. The molecule has 8 heteroatoms. The molecule has 130 valence electrons. The van der Waals surface area contributed by atoms with Gasteiger partial charge in [0.05, 0.1) is 15.7 Å². The molecule has 3 aromatic rings. The van der Waals surface area contributed by atoms with Gasteiger partial charge in [0.25, 0.3) is 0 Å². The molecular formula is C17H17N3O3S2. The number of hydrogen-bond donors (Lipinski definition) is 0. The van der Waals surface area contributed by atoms with Crippen molar-refractivity contribution in [3.8, 4) is 10.7 Å². The van der Waals surface area contributed by atoms with Crippen LogP contribution >= 0.6 is 11.3 Å². The summed E-state index contributed by atoms with van der Waals surface area (Å²) in [7, 11) is -3.49. The highest BCUT2D eigenvalue weighted by Crippen LogP contribution is 2.33. The van der Waals surface area contributed by atoms with Gasteiger partial charge >= 0.3 is 0 Å². The van der Waals surface area contributed by atoms with Gasteiger partial charge in [0.1, 0.15) is 0 Å². The zero-order valence-electron chi connectivity index (χ0n) is 13.8. The van der Waals surface area contributed by atoms with Crippen LogP contribution in [0.3, 0.4) is 0 Å². The third-order valence-corrected chi connectivity index (χ3v) is 7.18. The van der Waals surface area contributed by atoms with Crippen molar-refractivity contribution in [2.24, 2.45) is 0 Å². The fraction of sp³-hybridized carbons (Fsp3) is 0.294. The SMILES string of the molecule is Cc1ccc(C)c(S(=O)(=O)N2CC(c3nc(-c4cccs4)no3)C2)c1.